The van der Waals surface area contributed by atoms with Crippen molar-refractivity contribution >= 4 is 11.9 Å². The van der Waals surface area contributed by atoms with E-state index in [1.165, 1.54) is 16.9 Å². The summed E-state index contributed by atoms with van der Waals surface area (Å²) in [6.45, 7) is 2.27. The minimum atomic E-state index is -0.571. The highest BCUT2D eigenvalue weighted by atomic mass is 16.5. The van der Waals surface area contributed by atoms with Crippen LogP contribution in [0.25, 0.3) is 0 Å². The molecule has 1 aromatic rings. The van der Waals surface area contributed by atoms with Crippen molar-refractivity contribution in [3.8, 4) is 0 Å². The van der Waals surface area contributed by atoms with Gasteiger partial charge < -0.3 is 4.74 Å². The number of methoxy groups -OCH3 is 1. The molecule has 3 amide bonds. The Balaban J connectivity index is 2.37. The zero-order valence-electron chi connectivity index (χ0n) is 10.5. The maximum Gasteiger partial charge on any atom is 0.329 e. The van der Waals surface area contributed by atoms with Crippen LogP contribution < -0.4 is 0 Å². The lowest BCUT2D eigenvalue weighted by molar-refractivity contribution is -0.128. The average molecular weight is 248 g/mol. The monoisotopic (exact) mass is 248 g/mol. The van der Waals surface area contributed by atoms with Gasteiger partial charge in [-0.2, -0.15) is 0 Å². The predicted molar refractivity (Wildman–Crippen MR) is 65.7 cm³/mol. The highest BCUT2D eigenvalue weighted by Crippen LogP contribution is 2.30. The molecule has 0 radical (unpaired) electrons. The SMILES string of the molecule is CCN1C(=O)C(c2ccccc2)N(COC)C1=O. The first-order valence-corrected chi connectivity index (χ1v) is 5.86. The second-order valence-electron chi connectivity index (χ2n) is 4.07. The van der Waals surface area contributed by atoms with Crippen LogP contribution in [0.3, 0.4) is 0 Å². The summed E-state index contributed by atoms with van der Waals surface area (Å²) in [5.74, 6) is -0.189. The maximum absolute atomic E-state index is 12.2. The Morgan fingerprint density at radius 3 is 2.44 bits per heavy atom. The molecule has 2 rings (SSSR count). The van der Waals surface area contributed by atoms with Gasteiger partial charge in [0, 0.05) is 13.7 Å². The van der Waals surface area contributed by atoms with E-state index < -0.39 is 6.04 Å². The number of ether oxygens (including phenoxy) is 1. The largest absolute Gasteiger partial charge is 0.364 e. The van der Waals surface area contributed by atoms with Gasteiger partial charge >= 0.3 is 6.03 Å². The molecule has 1 aliphatic heterocycles. The van der Waals surface area contributed by atoms with Gasteiger partial charge in [-0.15, -0.1) is 0 Å². The van der Waals surface area contributed by atoms with Gasteiger partial charge in [0.2, 0.25) is 0 Å². The molecule has 0 bridgehead atoms. The van der Waals surface area contributed by atoms with Crippen LogP contribution in [0.15, 0.2) is 30.3 Å². The summed E-state index contributed by atoms with van der Waals surface area (Å²) in [7, 11) is 1.51. The number of carbonyl (C=O) groups is 2. The Morgan fingerprint density at radius 2 is 1.89 bits per heavy atom. The van der Waals surface area contributed by atoms with Gasteiger partial charge in [0.25, 0.3) is 5.91 Å². The van der Waals surface area contributed by atoms with E-state index in [0.29, 0.717) is 6.54 Å². The Morgan fingerprint density at radius 1 is 1.22 bits per heavy atom. The van der Waals surface area contributed by atoms with Crippen LogP contribution in [0.5, 0.6) is 0 Å². The third-order valence-corrected chi connectivity index (χ3v) is 2.99. The van der Waals surface area contributed by atoms with Crippen LogP contribution in [0, 0.1) is 0 Å². The number of rotatable bonds is 4. The molecule has 96 valence electrons. The fourth-order valence-electron chi connectivity index (χ4n) is 2.16. The minimum absolute atomic E-state index is 0.112. The Kier molecular flexibility index (Phi) is 3.62. The van der Waals surface area contributed by atoms with Crippen molar-refractivity contribution in [3.63, 3.8) is 0 Å². The lowest BCUT2D eigenvalue weighted by atomic mass is 10.1. The fourth-order valence-corrected chi connectivity index (χ4v) is 2.16. The number of likely N-dealkylation sites (N-methyl/N-ethyl adjacent to an activating group) is 1. The number of hydrogen-bond donors (Lipinski definition) is 0. The van der Waals surface area contributed by atoms with Crippen LogP contribution in [-0.4, -0.2) is 42.1 Å². The molecule has 0 aliphatic carbocycles. The van der Waals surface area contributed by atoms with Crippen LogP contribution in [-0.2, 0) is 9.53 Å². The summed E-state index contributed by atoms with van der Waals surface area (Å²) in [5.41, 5.74) is 0.809. The van der Waals surface area contributed by atoms with E-state index in [1.54, 1.807) is 6.92 Å². The number of hydrogen-bond acceptors (Lipinski definition) is 3. The second kappa shape index (κ2) is 5.18. The molecule has 0 N–H and O–H groups in total. The summed E-state index contributed by atoms with van der Waals surface area (Å²) in [6, 6.07) is 8.41. The number of benzene rings is 1. The zero-order chi connectivity index (χ0) is 13.1. The van der Waals surface area contributed by atoms with Gasteiger partial charge in [0.05, 0.1) is 0 Å². The van der Waals surface area contributed by atoms with Crippen molar-refractivity contribution in [1.29, 1.82) is 0 Å². The molecule has 5 heteroatoms. The normalized spacial score (nSPS) is 19.8. The number of nitrogens with zero attached hydrogens (tertiary/aromatic N) is 2. The topological polar surface area (TPSA) is 49.9 Å². The summed E-state index contributed by atoms with van der Waals surface area (Å²) >= 11 is 0. The third kappa shape index (κ3) is 1.97. The zero-order valence-corrected chi connectivity index (χ0v) is 10.5. The van der Waals surface area contributed by atoms with Crippen molar-refractivity contribution in [2.24, 2.45) is 0 Å². The Labute approximate surface area is 106 Å². The molecule has 1 heterocycles. The molecule has 1 aromatic carbocycles. The lowest BCUT2D eigenvalue weighted by Gasteiger charge is -2.20. The van der Waals surface area contributed by atoms with Crippen molar-refractivity contribution in [2.45, 2.75) is 13.0 Å². The van der Waals surface area contributed by atoms with Crippen molar-refractivity contribution in [3.05, 3.63) is 35.9 Å². The fraction of sp³-hybridized carbons (Fsp3) is 0.385. The molecule has 1 aliphatic rings. The molecular weight excluding hydrogens is 232 g/mol. The van der Waals surface area contributed by atoms with E-state index in [-0.39, 0.29) is 18.7 Å². The summed E-state index contributed by atoms with van der Waals surface area (Å²) < 4.78 is 5.02. The first kappa shape index (κ1) is 12.6. The highest BCUT2D eigenvalue weighted by molar-refractivity contribution is 6.04. The van der Waals surface area contributed by atoms with Crippen LogP contribution in [0.2, 0.25) is 0 Å². The summed E-state index contributed by atoms with van der Waals surface area (Å²) in [5, 5.41) is 0. The Bertz CT molecular complexity index is 447. The highest BCUT2D eigenvalue weighted by Gasteiger charge is 2.44. The van der Waals surface area contributed by atoms with Crippen molar-refractivity contribution in [1.82, 2.24) is 9.80 Å². The number of urea groups is 1. The molecule has 18 heavy (non-hydrogen) atoms. The third-order valence-electron chi connectivity index (χ3n) is 2.99. The molecule has 0 saturated carbocycles. The van der Waals surface area contributed by atoms with Gasteiger partial charge in [-0.05, 0) is 12.5 Å². The molecule has 1 atom stereocenters. The van der Waals surface area contributed by atoms with Crippen LogP contribution in [0.4, 0.5) is 4.79 Å². The lowest BCUT2D eigenvalue weighted by Crippen LogP contribution is -2.34. The minimum Gasteiger partial charge on any atom is -0.364 e. The van der Waals surface area contributed by atoms with E-state index in [2.05, 4.69) is 0 Å². The van der Waals surface area contributed by atoms with E-state index in [9.17, 15) is 9.59 Å². The van der Waals surface area contributed by atoms with E-state index in [0.717, 1.165) is 5.56 Å². The molecule has 0 aromatic heterocycles. The molecule has 1 saturated heterocycles. The van der Waals surface area contributed by atoms with Crippen molar-refractivity contribution in [2.75, 3.05) is 20.4 Å². The average Bonchev–Trinajstić information content (AvgIpc) is 2.62. The first-order valence-electron chi connectivity index (χ1n) is 5.86. The second-order valence-corrected chi connectivity index (χ2v) is 4.07. The molecule has 0 spiro atoms. The Hall–Kier alpha value is -1.88. The number of imide groups is 1. The number of carbonyl (C=O) groups excluding carboxylic acids is 2. The van der Waals surface area contributed by atoms with E-state index in [1.807, 2.05) is 30.3 Å². The summed E-state index contributed by atoms with van der Waals surface area (Å²) in [4.78, 5) is 27.0. The number of amides is 3. The maximum atomic E-state index is 12.2. The van der Waals surface area contributed by atoms with Gasteiger partial charge in [0.15, 0.2) is 0 Å². The smallest absolute Gasteiger partial charge is 0.329 e. The van der Waals surface area contributed by atoms with Gasteiger partial charge in [-0.1, -0.05) is 30.3 Å². The predicted octanol–water partition coefficient (Wildman–Crippen LogP) is 1.62. The molecule has 5 nitrogen and oxygen atoms in total. The quantitative estimate of drug-likeness (QED) is 0.761. The molecule has 1 fully saturated rings. The van der Waals surface area contributed by atoms with Gasteiger partial charge in [0.1, 0.15) is 12.8 Å². The van der Waals surface area contributed by atoms with Crippen molar-refractivity contribution < 1.29 is 14.3 Å². The van der Waals surface area contributed by atoms with Gasteiger partial charge in [-0.25, -0.2) is 4.79 Å². The van der Waals surface area contributed by atoms with Gasteiger partial charge in [-0.3, -0.25) is 14.6 Å². The van der Waals surface area contributed by atoms with Crippen LogP contribution in [0.1, 0.15) is 18.5 Å². The summed E-state index contributed by atoms with van der Waals surface area (Å²) in [6.07, 6.45) is 0. The first-order chi connectivity index (χ1) is 8.70. The molecule has 1 unspecified atom stereocenters. The van der Waals surface area contributed by atoms with Crippen LogP contribution >= 0.6 is 0 Å². The van der Waals surface area contributed by atoms with E-state index >= 15 is 0 Å². The standard InChI is InChI=1S/C13H16N2O3/c1-3-14-12(16)11(10-7-5-4-6-8-10)15(9-18-2)13(14)17/h4-8,11H,3,9H2,1-2H3. The van der Waals surface area contributed by atoms with E-state index in [4.69, 9.17) is 4.74 Å². The molecular formula is C13H16N2O3.